The minimum absolute atomic E-state index is 0.0764. The molecular formula is C64H47N5O. The summed E-state index contributed by atoms with van der Waals surface area (Å²) in [5.41, 5.74) is 9.71. The number of hydrogen-bond donors (Lipinski definition) is 0. The Morgan fingerprint density at radius 1 is 0.500 bits per heavy atom. The minimum atomic E-state index is -0.542. The first kappa shape index (κ1) is 32.7. The number of hydrogen-bond acceptors (Lipinski definition) is 2. The number of aromatic nitrogens is 5. The molecule has 0 aliphatic carbocycles. The summed E-state index contributed by atoms with van der Waals surface area (Å²) in [7, 11) is 0. The summed E-state index contributed by atoms with van der Waals surface area (Å²) in [5.74, 6) is 0.800. The Labute approximate surface area is 418 Å². The smallest absolute Gasteiger partial charge is 0.269 e. The third-order valence-corrected chi connectivity index (χ3v) is 13.2. The molecule has 6 nitrogen and oxygen atoms in total. The number of nitrogens with zero attached hydrogens (tertiary/aromatic N) is 5. The van der Waals surface area contributed by atoms with E-state index in [2.05, 4.69) is 109 Å². The van der Waals surface area contributed by atoms with Gasteiger partial charge < -0.3 is 8.98 Å². The first-order valence-electron chi connectivity index (χ1n) is 27.6. The molecule has 6 heteroatoms. The lowest BCUT2D eigenvalue weighted by Gasteiger charge is -2.20. The zero-order valence-electron chi connectivity index (χ0n) is 47.4. The van der Waals surface area contributed by atoms with Crippen LogP contribution in [0, 0.1) is 6.33 Å². The molecule has 0 saturated carbocycles. The van der Waals surface area contributed by atoms with Crippen molar-refractivity contribution >= 4 is 65.8 Å². The number of rotatable bonds is 6. The van der Waals surface area contributed by atoms with Crippen LogP contribution in [0.5, 0.6) is 0 Å². The van der Waals surface area contributed by atoms with Gasteiger partial charge in [-0.05, 0) is 100.0 Å². The quantitative estimate of drug-likeness (QED) is 0.123. The van der Waals surface area contributed by atoms with E-state index in [1.165, 1.54) is 6.07 Å². The van der Waals surface area contributed by atoms with E-state index in [1.807, 2.05) is 83.6 Å². The predicted molar refractivity (Wildman–Crippen MR) is 287 cm³/mol. The normalized spacial score (nSPS) is 13.7. The molecule has 13 rings (SSSR count). The lowest BCUT2D eigenvalue weighted by Crippen LogP contribution is -2.31. The third kappa shape index (κ3) is 6.79. The van der Waals surface area contributed by atoms with E-state index in [9.17, 15) is 0 Å². The molecule has 0 spiro atoms. The van der Waals surface area contributed by atoms with Crippen molar-refractivity contribution in [2.24, 2.45) is 0 Å². The maximum Gasteiger partial charge on any atom is 0.269 e. The second-order valence-corrected chi connectivity index (χ2v) is 18.4. The molecule has 0 aliphatic rings. The summed E-state index contributed by atoms with van der Waals surface area (Å²) < 4.78 is 94.1. The Kier molecular flexibility index (Phi) is 7.63. The SMILES string of the molecule is [2H]c1cc(-c2cccc(-c3c([2H])c([2H])c([2H])c([2H])c3[2H])c2-[n+]2[c-]n(-c3cccc(-n4c5ccccc5oc5ccccc5c5cc6c7ccccc7n(-c7cc(C(C)(C)C)ccn7)c6cc54)c3)c3ccccc32)c([2H])c([2H])c1[2H]. The Hall–Kier alpha value is -9.00. The van der Waals surface area contributed by atoms with Crippen molar-refractivity contribution in [3.05, 3.63) is 242 Å². The van der Waals surface area contributed by atoms with Crippen LogP contribution < -0.4 is 4.57 Å². The summed E-state index contributed by atoms with van der Waals surface area (Å²) in [5, 5.41) is 3.96. The molecule has 0 radical (unpaired) electrons. The Bertz CT molecular complexity index is 4760. The zero-order chi connectivity index (χ0) is 54.8. The fraction of sp³-hybridized carbons (Fsp3) is 0.0625. The summed E-state index contributed by atoms with van der Waals surface area (Å²) in [4.78, 5) is 5.01. The summed E-state index contributed by atoms with van der Waals surface area (Å²) >= 11 is 0. The Morgan fingerprint density at radius 2 is 1.14 bits per heavy atom. The topological polar surface area (TPSA) is 44.7 Å². The maximum atomic E-state index is 9.16. The molecule has 4 heterocycles. The van der Waals surface area contributed by atoms with Gasteiger partial charge in [-0.3, -0.25) is 13.7 Å². The van der Waals surface area contributed by atoms with Gasteiger partial charge in [-0.1, -0.05) is 178 Å². The first-order chi connectivity index (χ1) is 38.1. The van der Waals surface area contributed by atoms with Crippen LogP contribution in [-0.4, -0.2) is 18.7 Å². The maximum absolute atomic E-state index is 9.16. The van der Waals surface area contributed by atoms with Crippen LogP contribution in [0.2, 0.25) is 0 Å². The second kappa shape index (κ2) is 16.4. The van der Waals surface area contributed by atoms with E-state index in [0.29, 0.717) is 39.1 Å². The molecule has 0 aliphatic heterocycles. The molecule has 0 unspecified atom stereocenters. The molecule has 13 aromatic rings. The molecule has 0 saturated heterocycles. The third-order valence-electron chi connectivity index (χ3n) is 13.2. The van der Waals surface area contributed by atoms with Crippen molar-refractivity contribution in [3.8, 4) is 45.1 Å². The van der Waals surface area contributed by atoms with Gasteiger partial charge in [0.2, 0.25) is 0 Å². The van der Waals surface area contributed by atoms with Crippen molar-refractivity contribution in [1.29, 1.82) is 0 Å². The highest BCUT2D eigenvalue weighted by atomic mass is 16.3. The van der Waals surface area contributed by atoms with Crippen molar-refractivity contribution in [2.75, 3.05) is 0 Å². The van der Waals surface area contributed by atoms with Gasteiger partial charge in [-0.2, -0.15) is 0 Å². The van der Waals surface area contributed by atoms with Crippen molar-refractivity contribution in [2.45, 2.75) is 26.2 Å². The highest BCUT2D eigenvalue weighted by Crippen LogP contribution is 2.40. The Balaban J connectivity index is 1.12. The van der Waals surface area contributed by atoms with Gasteiger partial charge in [0.15, 0.2) is 5.58 Å². The van der Waals surface area contributed by atoms with E-state index in [-0.39, 0.29) is 34.2 Å². The molecular weight excluding hydrogens is 855 g/mol. The number of pyridine rings is 1. The van der Waals surface area contributed by atoms with Gasteiger partial charge in [-0.25, -0.2) is 4.98 Å². The van der Waals surface area contributed by atoms with Crippen molar-refractivity contribution < 1.29 is 21.3 Å². The second-order valence-electron chi connectivity index (χ2n) is 18.4. The minimum Gasteiger partial charge on any atom is -0.455 e. The van der Waals surface area contributed by atoms with E-state index in [4.69, 9.17) is 21.7 Å². The highest BCUT2D eigenvalue weighted by molar-refractivity contribution is 6.17. The number of benzene rings is 9. The molecule has 4 aromatic heterocycles. The molecule has 334 valence electrons. The molecule has 0 N–H and O–H groups in total. The van der Waals surface area contributed by atoms with Gasteiger partial charge in [0.25, 0.3) is 6.33 Å². The summed E-state index contributed by atoms with van der Waals surface area (Å²) in [6.45, 7) is 6.61. The van der Waals surface area contributed by atoms with Crippen molar-refractivity contribution in [1.82, 2.24) is 18.7 Å². The number of para-hydroxylation sites is 7. The van der Waals surface area contributed by atoms with Gasteiger partial charge in [0.1, 0.15) is 11.4 Å². The van der Waals surface area contributed by atoms with E-state index in [0.717, 1.165) is 60.7 Å². The fourth-order valence-electron chi connectivity index (χ4n) is 9.89. The number of fused-ring (bicyclic) bond motifs is 8. The zero-order valence-corrected chi connectivity index (χ0v) is 38.4. The van der Waals surface area contributed by atoms with E-state index < -0.39 is 42.3 Å². The first-order valence-corrected chi connectivity index (χ1v) is 23.1. The van der Waals surface area contributed by atoms with Crippen LogP contribution >= 0.6 is 0 Å². The average molecular weight is 911 g/mol. The van der Waals surface area contributed by atoms with Crippen LogP contribution in [0.25, 0.3) is 111 Å². The molecule has 9 aromatic carbocycles. The molecule has 0 amide bonds. The van der Waals surface area contributed by atoms with Crippen LogP contribution in [-0.2, 0) is 5.41 Å². The Morgan fingerprint density at radius 3 is 1.97 bits per heavy atom. The van der Waals surface area contributed by atoms with E-state index >= 15 is 0 Å². The monoisotopic (exact) mass is 910 g/mol. The van der Waals surface area contributed by atoms with E-state index in [1.54, 1.807) is 22.8 Å². The molecule has 0 bridgehead atoms. The number of imidazole rings is 1. The summed E-state index contributed by atoms with van der Waals surface area (Å²) in [6.07, 6.45) is 5.48. The van der Waals surface area contributed by atoms with Crippen molar-refractivity contribution in [3.63, 3.8) is 0 Å². The van der Waals surface area contributed by atoms with Gasteiger partial charge in [0, 0.05) is 33.4 Å². The highest BCUT2D eigenvalue weighted by Gasteiger charge is 2.22. The van der Waals surface area contributed by atoms with Crippen LogP contribution in [0.1, 0.15) is 38.7 Å². The van der Waals surface area contributed by atoms with Gasteiger partial charge >= 0.3 is 0 Å². The lowest BCUT2D eigenvalue weighted by atomic mass is 9.88. The van der Waals surface area contributed by atoms with Gasteiger partial charge in [0.05, 0.1) is 56.8 Å². The van der Waals surface area contributed by atoms with Crippen LogP contribution in [0.3, 0.4) is 0 Å². The van der Waals surface area contributed by atoms with Crippen LogP contribution in [0.4, 0.5) is 0 Å². The molecule has 0 atom stereocenters. The molecule has 0 fully saturated rings. The van der Waals surface area contributed by atoms with Gasteiger partial charge in [-0.15, -0.1) is 0 Å². The fourth-order valence-corrected chi connectivity index (χ4v) is 9.89. The average Bonchev–Trinajstić information content (AvgIpc) is 4.13. The summed E-state index contributed by atoms with van der Waals surface area (Å²) in [6, 6.07) is 51.5. The standard InChI is InChI=1S/C64H47N5O/c1-64(2,3)45-36-37-65-62(38-45)69-54-30-12-10-26-50(54)52-40-53-51-27-11-16-34-60(51)70-61-35-17-15-33-57(61)68(58(53)41-59(52)69)47-25-18-24-46(39-47)66-42-67(56-32-14-13-31-55(56)66)63-48(43-20-6-4-7-21-43)28-19-29-49(63)44-22-8-5-9-23-44/h4-41H,1-3H3/i4D,5D,6D,7D,8D,9D,20D,21D,22D. The molecule has 70 heavy (non-hydrogen) atoms. The largest absolute Gasteiger partial charge is 0.455 e. The van der Waals surface area contributed by atoms with Crippen LogP contribution in [0.15, 0.2) is 235 Å². The lowest BCUT2D eigenvalue weighted by molar-refractivity contribution is -0.571. The predicted octanol–water partition coefficient (Wildman–Crippen LogP) is 15.8.